The van der Waals surface area contributed by atoms with Gasteiger partial charge in [0.05, 0.1) is 12.6 Å². The van der Waals surface area contributed by atoms with Gasteiger partial charge in [0.15, 0.2) is 5.82 Å². The van der Waals surface area contributed by atoms with Crippen LogP contribution in [-0.2, 0) is 13.0 Å². The van der Waals surface area contributed by atoms with Crippen LogP contribution >= 0.6 is 11.3 Å². The van der Waals surface area contributed by atoms with Crippen molar-refractivity contribution in [2.75, 3.05) is 6.54 Å². The summed E-state index contributed by atoms with van der Waals surface area (Å²) in [5.41, 5.74) is 2.74. The molecule has 1 unspecified atom stereocenters. The summed E-state index contributed by atoms with van der Waals surface area (Å²) in [5, 5.41) is 6.30. The lowest BCUT2D eigenvalue weighted by molar-refractivity contribution is 0.179. The van der Waals surface area contributed by atoms with E-state index in [-0.39, 0.29) is 12.0 Å². The molecule has 24 heavy (non-hydrogen) atoms. The Bertz CT molecular complexity index is 809. The van der Waals surface area contributed by atoms with Gasteiger partial charge in [0.25, 0.3) is 0 Å². The minimum Gasteiger partial charge on any atom is -0.338 e. The smallest absolute Gasteiger partial charge is 0.240 e. The van der Waals surface area contributed by atoms with Gasteiger partial charge >= 0.3 is 0 Å². The van der Waals surface area contributed by atoms with E-state index in [1.807, 2.05) is 11.3 Å². The van der Waals surface area contributed by atoms with E-state index in [1.54, 1.807) is 0 Å². The zero-order valence-electron chi connectivity index (χ0n) is 14.0. The first-order valence-electron chi connectivity index (χ1n) is 8.40. The van der Waals surface area contributed by atoms with Gasteiger partial charge in [-0.1, -0.05) is 49.3 Å². The van der Waals surface area contributed by atoms with Crippen LogP contribution in [0.15, 0.2) is 46.3 Å². The van der Waals surface area contributed by atoms with Gasteiger partial charge in [-0.25, -0.2) is 0 Å². The molecule has 1 aliphatic heterocycles. The van der Waals surface area contributed by atoms with E-state index in [0.717, 1.165) is 18.8 Å². The quantitative estimate of drug-likeness (QED) is 0.706. The van der Waals surface area contributed by atoms with Crippen LogP contribution < -0.4 is 0 Å². The highest BCUT2D eigenvalue weighted by atomic mass is 32.1. The van der Waals surface area contributed by atoms with E-state index < -0.39 is 0 Å². The van der Waals surface area contributed by atoms with Crippen LogP contribution in [-0.4, -0.2) is 21.6 Å². The Hall–Kier alpha value is -1.98. The lowest BCUT2D eigenvalue weighted by Crippen LogP contribution is -2.35. The van der Waals surface area contributed by atoms with Crippen molar-refractivity contribution in [3.05, 3.63) is 69.5 Å². The lowest BCUT2D eigenvalue weighted by atomic mass is 9.93. The van der Waals surface area contributed by atoms with E-state index in [0.29, 0.717) is 12.4 Å². The van der Waals surface area contributed by atoms with Crippen molar-refractivity contribution >= 4 is 11.3 Å². The van der Waals surface area contributed by atoms with E-state index >= 15 is 0 Å². The molecule has 1 aromatic carbocycles. The van der Waals surface area contributed by atoms with Gasteiger partial charge in [-0.05, 0) is 29.0 Å². The maximum absolute atomic E-state index is 5.48. The lowest BCUT2D eigenvalue weighted by Gasteiger charge is -2.35. The Balaban J connectivity index is 1.66. The van der Waals surface area contributed by atoms with E-state index in [2.05, 4.69) is 70.7 Å². The summed E-state index contributed by atoms with van der Waals surface area (Å²) >= 11 is 1.86. The topological polar surface area (TPSA) is 42.2 Å². The van der Waals surface area contributed by atoms with E-state index in [4.69, 9.17) is 4.52 Å². The summed E-state index contributed by atoms with van der Waals surface area (Å²) < 4.78 is 5.48. The third-order valence-electron chi connectivity index (χ3n) is 4.52. The number of fused-ring (bicyclic) bond motifs is 1. The second-order valence-corrected chi connectivity index (χ2v) is 7.53. The molecule has 0 aliphatic carbocycles. The fraction of sp³-hybridized carbons (Fsp3) is 0.368. The second-order valence-electron chi connectivity index (χ2n) is 6.53. The molecule has 2 aromatic heterocycles. The maximum Gasteiger partial charge on any atom is 0.240 e. The fourth-order valence-electron chi connectivity index (χ4n) is 3.30. The Labute approximate surface area is 146 Å². The minimum absolute atomic E-state index is 0.260. The van der Waals surface area contributed by atoms with Crippen molar-refractivity contribution in [1.29, 1.82) is 0 Å². The average Bonchev–Trinajstić information content (AvgIpc) is 3.24. The number of rotatable bonds is 4. The molecule has 4 nitrogen and oxygen atoms in total. The Kier molecular flexibility index (Phi) is 4.21. The number of benzene rings is 1. The molecule has 0 amide bonds. The number of aromatic nitrogens is 2. The van der Waals surface area contributed by atoms with Crippen molar-refractivity contribution < 1.29 is 4.52 Å². The molecule has 1 atom stereocenters. The van der Waals surface area contributed by atoms with Crippen molar-refractivity contribution in [3.63, 3.8) is 0 Å². The van der Waals surface area contributed by atoms with Gasteiger partial charge < -0.3 is 4.52 Å². The predicted molar refractivity (Wildman–Crippen MR) is 95.1 cm³/mol. The normalized spacial score (nSPS) is 18.0. The summed E-state index contributed by atoms with van der Waals surface area (Å²) in [6, 6.07) is 13.2. The van der Waals surface area contributed by atoms with Gasteiger partial charge in [-0.2, -0.15) is 4.98 Å². The van der Waals surface area contributed by atoms with Crippen LogP contribution in [0.1, 0.15) is 53.5 Å². The van der Waals surface area contributed by atoms with Crippen molar-refractivity contribution in [2.45, 2.75) is 38.8 Å². The predicted octanol–water partition coefficient (Wildman–Crippen LogP) is 4.40. The minimum atomic E-state index is 0.260. The number of hydrogen-bond donors (Lipinski definition) is 0. The summed E-state index contributed by atoms with van der Waals surface area (Å²) in [7, 11) is 0. The third kappa shape index (κ3) is 2.89. The molecule has 0 radical (unpaired) electrons. The van der Waals surface area contributed by atoms with Crippen molar-refractivity contribution in [2.24, 2.45) is 0 Å². The SMILES string of the molecule is CC(C)c1noc(CN2CCc3sccc3C2c2ccccc2)n1. The molecule has 0 fully saturated rings. The third-order valence-corrected chi connectivity index (χ3v) is 5.52. The van der Waals surface area contributed by atoms with Gasteiger partial charge in [0.1, 0.15) is 0 Å². The summed E-state index contributed by atoms with van der Waals surface area (Å²) in [4.78, 5) is 8.50. The highest BCUT2D eigenvalue weighted by Crippen LogP contribution is 2.38. The van der Waals surface area contributed by atoms with Gasteiger partial charge in [0.2, 0.25) is 5.89 Å². The molecule has 0 saturated carbocycles. The number of hydrogen-bond acceptors (Lipinski definition) is 5. The Morgan fingerprint density at radius 3 is 2.83 bits per heavy atom. The van der Waals surface area contributed by atoms with Crippen LogP contribution in [0.25, 0.3) is 0 Å². The van der Waals surface area contributed by atoms with E-state index in [9.17, 15) is 0 Å². The highest BCUT2D eigenvalue weighted by Gasteiger charge is 2.30. The molecule has 3 heterocycles. The molecule has 124 valence electrons. The maximum atomic E-state index is 5.48. The molecule has 0 bridgehead atoms. The van der Waals surface area contributed by atoms with Crippen LogP contribution in [0.3, 0.4) is 0 Å². The zero-order valence-corrected chi connectivity index (χ0v) is 14.8. The first-order chi connectivity index (χ1) is 11.7. The summed E-state index contributed by atoms with van der Waals surface area (Å²) in [6.07, 6.45) is 1.08. The average molecular weight is 339 g/mol. The molecular formula is C19H21N3OS. The van der Waals surface area contributed by atoms with Gasteiger partial charge in [-0.3, -0.25) is 4.90 Å². The number of thiophene rings is 1. The molecular weight excluding hydrogens is 318 g/mol. The molecule has 1 aliphatic rings. The first kappa shape index (κ1) is 15.5. The van der Waals surface area contributed by atoms with Crippen LogP contribution in [0.4, 0.5) is 0 Å². The zero-order chi connectivity index (χ0) is 16.5. The molecule has 0 spiro atoms. The number of nitrogens with zero attached hydrogens (tertiary/aromatic N) is 3. The van der Waals surface area contributed by atoms with Crippen molar-refractivity contribution in [3.8, 4) is 0 Å². The standard InChI is InChI=1S/C19H21N3OS/c1-13(2)19-20-17(23-21-19)12-22-10-8-16-15(9-11-24-16)18(22)14-6-4-3-5-7-14/h3-7,9,11,13,18H,8,10,12H2,1-2H3. The molecule has 4 rings (SSSR count). The van der Waals surface area contributed by atoms with Crippen molar-refractivity contribution in [1.82, 2.24) is 15.0 Å². The van der Waals surface area contributed by atoms with Crippen LogP contribution in [0.2, 0.25) is 0 Å². The highest BCUT2D eigenvalue weighted by molar-refractivity contribution is 7.10. The molecule has 0 N–H and O–H groups in total. The van der Waals surface area contributed by atoms with Gasteiger partial charge in [0, 0.05) is 17.3 Å². The summed E-state index contributed by atoms with van der Waals surface area (Å²) in [5.74, 6) is 1.78. The molecule has 0 saturated heterocycles. The van der Waals surface area contributed by atoms with E-state index in [1.165, 1.54) is 16.0 Å². The van der Waals surface area contributed by atoms with Gasteiger partial charge in [-0.15, -0.1) is 11.3 Å². The first-order valence-corrected chi connectivity index (χ1v) is 9.28. The monoisotopic (exact) mass is 339 g/mol. The Morgan fingerprint density at radius 1 is 1.25 bits per heavy atom. The summed E-state index contributed by atoms with van der Waals surface area (Å²) in [6.45, 7) is 5.86. The van der Waals surface area contributed by atoms with Crippen LogP contribution in [0, 0.1) is 0 Å². The largest absolute Gasteiger partial charge is 0.338 e. The second kappa shape index (κ2) is 6.49. The van der Waals surface area contributed by atoms with Crippen LogP contribution in [0.5, 0.6) is 0 Å². The Morgan fingerprint density at radius 2 is 2.08 bits per heavy atom. The fourth-order valence-corrected chi connectivity index (χ4v) is 4.21. The molecule has 3 aromatic rings. The molecule has 5 heteroatoms.